The topological polar surface area (TPSA) is 59.4 Å². The molecule has 1 N–H and O–H groups in total. The highest BCUT2D eigenvalue weighted by atomic mass is 16.7. The molecule has 0 spiro atoms. The Kier molecular flexibility index (Phi) is 5.37. The van der Waals surface area contributed by atoms with Gasteiger partial charge in [-0.2, -0.15) is 0 Å². The number of hydrogen-bond donors (Lipinski definition) is 1. The Balaban J connectivity index is 3.30. The number of ether oxygens (including phenoxy) is 2. The highest BCUT2D eigenvalue weighted by Crippen LogP contribution is 1.88. The zero-order valence-electron chi connectivity index (χ0n) is 6.85. The van der Waals surface area contributed by atoms with Gasteiger partial charge in [0.1, 0.15) is 0 Å². The van der Waals surface area contributed by atoms with Gasteiger partial charge >= 0.3 is 5.97 Å². The number of hydrogen-bond acceptors (Lipinski definition) is 4. The summed E-state index contributed by atoms with van der Waals surface area (Å²) >= 11 is 0. The normalized spacial score (nSPS) is 9.27. The molecule has 0 radical (unpaired) electrons. The van der Waals surface area contributed by atoms with Crippen molar-refractivity contribution >= 4 is 11.7 Å². The average molecular weight is 159 g/mol. The Labute approximate surface area is 66.0 Å². The van der Waals surface area contributed by atoms with Gasteiger partial charge in [-0.25, -0.2) is 0 Å². The third kappa shape index (κ3) is 6.99. The monoisotopic (exact) mass is 159 g/mol. The Morgan fingerprint density at radius 3 is 2.64 bits per heavy atom. The van der Waals surface area contributed by atoms with Gasteiger partial charge in [-0.15, -0.1) is 0 Å². The Hall–Kier alpha value is -0.900. The van der Waals surface area contributed by atoms with Crippen molar-refractivity contribution in [3.05, 3.63) is 0 Å². The lowest BCUT2D eigenvalue weighted by atomic mass is 10.3. The molecule has 0 bridgehead atoms. The van der Waals surface area contributed by atoms with Gasteiger partial charge in [0.2, 0.25) is 0 Å². The van der Waals surface area contributed by atoms with E-state index in [-0.39, 0.29) is 13.2 Å². The highest BCUT2D eigenvalue weighted by molar-refractivity contribution is 5.95. The van der Waals surface area contributed by atoms with Crippen molar-refractivity contribution < 1.29 is 14.3 Å². The van der Waals surface area contributed by atoms with Crippen LogP contribution < -0.4 is 0 Å². The first-order valence-electron chi connectivity index (χ1n) is 3.44. The van der Waals surface area contributed by atoms with Gasteiger partial charge in [0.15, 0.2) is 6.79 Å². The van der Waals surface area contributed by atoms with E-state index in [1.54, 1.807) is 6.92 Å². The first-order valence-corrected chi connectivity index (χ1v) is 3.44. The van der Waals surface area contributed by atoms with Gasteiger partial charge < -0.3 is 14.9 Å². The molecule has 0 aliphatic carbocycles. The van der Waals surface area contributed by atoms with E-state index in [4.69, 9.17) is 10.1 Å². The maximum atomic E-state index is 10.7. The van der Waals surface area contributed by atoms with Crippen molar-refractivity contribution in [3.8, 4) is 0 Å². The largest absolute Gasteiger partial charge is 0.438 e. The lowest BCUT2D eigenvalue weighted by Gasteiger charge is -2.02. The summed E-state index contributed by atoms with van der Waals surface area (Å²) in [5.41, 5.74) is 0.298. The molecule has 0 aromatic rings. The highest BCUT2D eigenvalue weighted by Gasteiger charge is 2.02. The maximum absolute atomic E-state index is 10.7. The lowest BCUT2D eigenvalue weighted by Crippen LogP contribution is -2.10. The van der Waals surface area contributed by atoms with Crippen LogP contribution in [0.2, 0.25) is 0 Å². The Morgan fingerprint density at radius 2 is 2.18 bits per heavy atom. The molecule has 0 aliphatic heterocycles. The van der Waals surface area contributed by atoms with Crippen LogP contribution in [-0.4, -0.2) is 25.1 Å². The van der Waals surface area contributed by atoms with Crippen LogP contribution in [0.4, 0.5) is 0 Å². The predicted octanol–water partition coefficient (Wildman–Crippen LogP) is 0.953. The molecular weight excluding hydrogens is 146 g/mol. The van der Waals surface area contributed by atoms with E-state index < -0.39 is 5.97 Å². The van der Waals surface area contributed by atoms with Crippen molar-refractivity contribution in [2.75, 3.05) is 13.4 Å². The van der Waals surface area contributed by atoms with Crippen LogP contribution in [0.3, 0.4) is 0 Å². The molecule has 0 saturated heterocycles. The van der Waals surface area contributed by atoms with E-state index >= 15 is 0 Å². The third-order valence-electron chi connectivity index (χ3n) is 0.917. The molecule has 4 heteroatoms. The molecule has 0 saturated carbocycles. The van der Waals surface area contributed by atoms with Crippen molar-refractivity contribution in [3.63, 3.8) is 0 Å². The fourth-order valence-corrected chi connectivity index (χ4v) is 0.458. The van der Waals surface area contributed by atoms with Crippen LogP contribution in [-0.2, 0) is 14.3 Å². The number of carbonyl (C=O) groups is 1. The second-order valence-electron chi connectivity index (χ2n) is 2.08. The number of rotatable bonds is 5. The van der Waals surface area contributed by atoms with E-state index in [0.717, 1.165) is 0 Å². The number of esters is 1. The summed E-state index contributed by atoms with van der Waals surface area (Å²) in [6, 6.07) is 0. The van der Waals surface area contributed by atoms with Crippen molar-refractivity contribution in [2.24, 2.45) is 0 Å². The lowest BCUT2D eigenvalue weighted by molar-refractivity contribution is -0.154. The zero-order valence-corrected chi connectivity index (χ0v) is 6.85. The maximum Gasteiger partial charge on any atom is 0.313 e. The molecule has 0 atom stereocenters. The Bertz CT molecular complexity index is 145. The van der Waals surface area contributed by atoms with Gasteiger partial charge in [0, 0.05) is 12.3 Å². The van der Waals surface area contributed by atoms with E-state index in [9.17, 15) is 4.79 Å². The SMILES string of the molecule is CCOCOC(=O)CC(C)=N. The second-order valence-corrected chi connectivity index (χ2v) is 2.08. The molecule has 11 heavy (non-hydrogen) atoms. The molecule has 0 aromatic carbocycles. The Morgan fingerprint density at radius 1 is 1.55 bits per heavy atom. The van der Waals surface area contributed by atoms with Crippen LogP contribution in [0.1, 0.15) is 20.3 Å². The minimum atomic E-state index is -0.411. The van der Waals surface area contributed by atoms with Crippen molar-refractivity contribution in [2.45, 2.75) is 20.3 Å². The van der Waals surface area contributed by atoms with Crippen LogP contribution in [0.5, 0.6) is 0 Å². The molecular formula is C7H13NO3. The van der Waals surface area contributed by atoms with Crippen LogP contribution in [0, 0.1) is 5.41 Å². The van der Waals surface area contributed by atoms with Gasteiger partial charge in [0.05, 0.1) is 6.42 Å². The van der Waals surface area contributed by atoms with Gasteiger partial charge in [-0.05, 0) is 13.8 Å². The summed E-state index contributed by atoms with van der Waals surface area (Å²) in [7, 11) is 0. The average Bonchev–Trinajstić information content (AvgIpc) is 1.86. The standard InChI is InChI=1S/C7H13NO3/c1-3-10-5-11-7(9)4-6(2)8/h8H,3-5H2,1-2H3. The van der Waals surface area contributed by atoms with Crippen LogP contribution in [0.25, 0.3) is 0 Å². The van der Waals surface area contributed by atoms with Gasteiger partial charge in [-0.1, -0.05) is 0 Å². The first-order chi connectivity index (χ1) is 5.16. The minimum Gasteiger partial charge on any atom is -0.438 e. The molecule has 0 heterocycles. The molecule has 4 nitrogen and oxygen atoms in total. The molecule has 0 unspecified atom stereocenters. The van der Waals surface area contributed by atoms with Gasteiger partial charge in [-0.3, -0.25) is 4.79 Å². The van der Waals surface area contributed by atoms with Gasteiger partial charge in [0.25, 0.3) is 0 Å². The molecule has 0 aliphatic rings. The zero-order chi connectivity index (χ0) is 8.69. The molecule has 0 amide bonds. The van der Waals surface area contributed by atoms with Crippen molar-refractivity contribution in [1.82, 2.24) is 0 Å². The third-order valence-corrected chi connectivity index (χ3v) is 0.917. The summed E-state index contributed by atoms with van der Waals surface area (Å²) in [4.78, 5) is 10.7. The van der Waals surface area contributed by atoms with E-state index in [1.165, 1.54) is 0 Å². The number of nitrogens with one attached hydrogen (secondary N) is 1. The molecule has 0 rings (SSSR count). The molecule has 0 aromatic heterocycles. The smallest absolute Gasteiger partial charge is 0.313 e. The van der Waals surface area contributed by atoms with E-state index in [2.05, 4.69) is 4.74 Å². The molecule has 64 valence electrons. The summed E-state index contributed by atoms with van der Waals surface area (Å²) in [5, 5.41) is 6.96. The summed E-state index contributed by atoms with van der Waals surface area (Å²) < 4.78 is 9.36. The quantitative estimate of drug-likeness (QED) is 0.281. The summed E-state index contributed by atoms with van der Waals surface area (Å²) in [6.45, 7) is 3.89. The van der Waals surface area contributed by atoms with Crippen LogP contribution >= 0.6 is 0 Å². The van der Waals surface area contributed by atoms with Crippen LogP contribution in [0.15, 0.2) is 0 Å². The summed E-state index contributed by atoms with van der Waals surface area (Å²) in [6.07, 6.45) is 0.0487. The fraction of sp³-hybridized carbons (Fsp3) is 0.714. The molecule has 0 fully saturated rings. The number of carbonyl (C=O) groups excluding carboxylic acids is 1. The second kappa shape index (κ2) is 5.85. The predicted molar refractivity (Wildman–Crippen MR) is 40.6 cm³/mol. The minimum absolute atomic E-state index is 0.0113. The van der Waals surface area contributed by atoms with Crippen molar-refractivity contribution in [1.29, 1.82) is 5.41 Å². The fourth-order valence-electron chi connectivity index (χ4n) is 0.458. The van der Waals surface area contributed by atoms with E-state index in [1.807, 2.05) is 6.92 Å². The summed E-state index contributed by atoms with van der Waals surface area (Å²) in [5.74, 6) is -0.411. The van der Waals surface area contributed by atoms with E-state index in [0.29, 0.717) is 12.3 Å². The first kappa shape index (κ1) is 10.1.